The van der Waals surface area contributed by atoms with Gasteiger partial charge in [0, 0.05) is 30.6 Å². The fraction of sp³-hybridized carbons (Fsp3) is 0.154. The normalized spacial score (nSPS) is 9.95. The molecule has 1 aromatic heterocycles. The van der Waals surface area contributed by atoms with Gasteiger partial charge in [0.15, 0.2) is 0 Å². The number of hydrogen-bond acceptors (Lipinski definition) is 5. The summed E-state index contributed by atoms with van der Waals surface area (Å²) in [5.41, 5.74) is 0.632. The monoisotopic (exact) mass is 259 g/mol. The topological polar surface area (TPSA) is 77.3 Å². The molecular formula is C13H13N3O3. The zero-order valence-corrected chi connectivity index (χ0v) is 10.4. The van der Waals surface area contributed by atoms with Gasteiger partial charge >= 0.3 is 0 Å². The number of nitro benzene ring substituents is 1. The van der Waals surface area contributed by atoms with Gasteiger partial charge < -0.3 is 10.1 Å². The summed E-state index contributed by atoms with van der Waals surface area (Å²) in [6.45, 7) is 2.59. The van der Waals surface area contributed by atoms with Crippen molar-refractivity contribution >= 4 is 11.4 Å². The first kappa shape index (κ1) is 12.8. The number of pyridine rings is 1. The number of non-ortho nitro benzene ring substituents is 1. The molecule has 98 valence electrons. The lowest BCUT2D eigenvalue weighted by Gasteiger charge is -2.08. The quantitative estimate of drug-likeness (QED) is 0.659. The molecule has 2 aromatic rings. The highest BCUT2D eigenvalue weighted by Gasteiger charge is 2.11. The lowest BCUT2D eigenvalue weighted by molar-refractivity contribution is -0.384. The van der Waals surface area contributed by atoms with E-state index in [1.807, 2.05) is 6.92 Å². The molecule has 0 aliphatic heterocycles. The van der Waals surface area contributed by atoms with Crippen LogP contribution in [-0.2, 0) is 0 Å². The van der Waals surface area contributed by atoms with E-state index in [0.29, 0.717) is 23.7 Å². The molecule has 2 rings (SSSR count). The summed E-state index contributed by atoms with van der Waals surface area (Å²) in [7, 11) is 0. The van der Waals surface area contributed by atoms with Gasteiger partial charge in [0.2, 0.25) is 0 Å². The van der Waals surface area contributed by atoms with E-state index in [-0.39, 0.29) is 5.69 Å². The standard InChI is InChI=1S/C13H13N3O3/c1-2-15-10-6-11(16(17)18)8-13(7-10)19-12-4-3-5-14-9-12/h3-9,15H,2H2,1H3. The van der Waals surface area contributed by atoms with E-state index in [0.717, 1.165) is 0 Å². The zero-order valence-electron chi connectivity index (χ0n) is 10.4. The number of anilines is 1. The Balaban J connectivity index is 2.31. The van der Waals surface area contributed by atoms with Gasteiger partial charge in [-0.1, -0.05) is 0 Å². The van der Waals surface area contributed by atoms with Gasteiger partial charge in [0.1, 0.15) is 11.5 Å². The maximum Gasteiger partial charge on any atom is 0.275 e. The van der Waals surface area contributed by atoms with Gasteiger partial charge in [-0.15, -0.1) is 0 Å². The maximum atomic E-state index is 10.9. The minimum atomic E-state index is -0.447. The minimum Gasteiger partial charge on any atom is -0.455 e. The largest absolute Gasteiger partial charge is 0.455 e. The van der Waals surface area contributed by atoms with Crippen molar-refractivity contribution in [2.45, 2.75) is 6.92 Å². The summed E-state index contributed by atoms with van der Waals surface area (Å²) >= 11 is 0. The molecule has 1 heterocycles. The summed E-state index contributed by atoms with van der Waals surface area (Å²) in [6, 6.07) is 8.04. The highest BCUT2D eigenvalue weighted by atomic mass is 16.6. The molecule has 1 aromatic carbocycles. The summed E-state index contributed by atoms with van der Waals surface area (Å²) in [4.78, 5) is 14.3. The number of ether oxygens (including phenoxy) is 1. The Morgan fingerprint density at radius 1 is 1.37 bits per heavy atom. The van der Waals surface area contributed by atoms with Gasteiger partial charge in [-0.3, -0.25) is 15.1 Å². The maximum absolute atomic E-state index is 10.9. The molecule has 6 heteroatoms. The molecule has 0 amide bonds. The third kappa shape index (κ3) is 3.41. The van der Waals surface area contributed by atoms with Crippen molar-refractivity contribution < 1.29 is 9.66 Å². The Hall–Kier alpha value is -2.63. The Morgan fingerprint density at radius 3 is 2.84 bits per heavy atom. The van der Waals surface area contributed by atoms with Crippen LogP contribution in [0.2, 0.25) is 0 Å². The summed E-state index contributed by atoms with van der Waals surface area (Å²) in [5, 5.41) is 13.9. The van der Waals surface area contributed by atoms with Crippen molar-refractivity contribution in [2.24, 2.45) is 0 Å². The van der Waals surface area contributed by atoms with E-state index in [1.54, 1.807) is 30.6 Å². The van der Waals surface area contributed by atoms with Crippen LogP contribution in [0.4, 0.5) is 11.4 Å². The van der Waals surface area contributed by atoms with Gasteiger partial charge in [0.05, 0.1) is 17.2 Å². The van der Waals surface area contributed by atoms with Crippen LogP contribution in [0.15, 0.2) is 42.7 Å². The fourth-order valence-corrected chi connectivity index (χ4v) is 1.60. The van der Waals surface area contributed by atoms with Crippen LogP contribution in [0.3, 0.4) is 0 Å². The van der Waals surface area contributed by atoms with Crippen LogP contribution in [0.5, 0.6) is 11.5 Å². The molecule has 6 nitrogen and oxygen atoms in total. The Morgan fingerprint density at radius 2 is 2.21 bits per heavy atom. The van der Waals surface area contributed by atoms with Crippen LogP contribution in [0, 0.1) is 10.1 Å². The van der Waals surface area contributed by atoms with E-state index >= 15 is 0 Å². The molecule has 0 atom stereocenters. The van der Waals surface area contributed by atoms with E-state index in [2.05, 4.69) is 10.3 Å². The van der Waals surface area contributed by atoms with E-state index in [4.69, 9.17) is 4.74 Å². The second-order valence-corrected chi connectivity index (χ2v) is 3.79. The summed E-state index contributed by atoms with van der Waals surface area (Å²) < 4.78 is 5.55. The van der Waals surface area contributed by atoms with Gasteiger partial charge in [-0.2, -0.15) is 0 Å². The molecule has 0 unspecified atom stereocenters. The first-order valence-corrected chi connectivity index (χ1v) is 5.80. The van der Waals surface area contributed by atoms with Crippen molar-refractivity contribution in [1.82, 2.24) is 4.98 Å². The molecule has 0 fully saturated rings. The Labute approximate surface area is 110 Å². The third-order valence-corrected chi connectivity index (χ3v) is 2.35. The number of benzene rings is 1. The number of rotatable bonds is 5. The number of aromatic nitrogens is 1. The molecule has 0 aliphatic rings. The lowest BCUT2D eigenvalue weighted by Crippen LogP contribution is -1.98. The molecule has 1 N–H and O–H groups in total. The predicted molar refractivity (Wildman–Crippen MR) is 71.6 cm³/mol. The van der Waals surface area contributed by atoms with Gasteiger partial charge in [0.25, 0.3) is 5.69 Å². The van der Waals surface area contributed by atoms with Crippen molar-refractivity contribution in [3.8, 4) is 11.5 Å². The molecule has 0 aliphatic carbocycles. The number of nitrogens with one attached hydrogen (secondary N) is 1. The van der Waals surface area contributed by atoms with Gasteiger partial charge in [-0.25, -0.2) is 0 Å². The summed E-state index contributed by atoms with van der Waals surface area (Å²) in [6.07, 6.45) is 3.18. The number of nitrogens with zero attached hydrogens (tertiary/aromatic N) is 2. The number of hydrogen-bond donors (Lipinski definition) is 1. The molecule has 0 bridgehead atoms. The van der Waals surface area contributed by atoms with Gasteiger partial charge in [-0.05, 0) is 19.1 Å². The summed E-state index contributed by atoms with van der Waals surface area (Å²) in [5.74, 6) is 0.934. The average Bonchev–Trinajstić information content (AvgIpc) is 2.40. The first-order chi connectivity index (χ1) is 9.19. The zero-order chi connectivity index (χ0) is 13.7. The fourth-order valence-electron chi connectivity index (χ4n) is 1.60. The van der Waals surface area contributed by atoms with E-state index in [1.165, 1.54) is 12.1 Å². The Bertz CT molecular complexity index is 573. The minimum absolute atomic E-state index is 0.0164. The van der Waals surface area contributed by atoms with Crippen molar-refractivity contribution in [3.05, 3.63) is 52.8 Å². The second kappa shape index (κ2) is 5.81. The molecule has 0 saturated heterocycles. The van der Waals surface area contributed by atoms with Crippen LogP contribution in [0.25, 0.3) is 0 Å². The Kier molecular flexibility index (Phi) is 3.92. The first-order valence-electron chi connectivity index (χ1n) is 5.80. The predicted octanol–water partition coefficient (Wildman–Crippen LogP) is 3.21. The smallest absolute Gasteiger partial charge is 0.275 e. The molecule has 0 radical (unpaired) electrons. The van der Waals surface area contributed by atoms with Crippen LogP contribution in [0.1, 0.15) is 6.92 Å². The van der Waals surface area contributed by atoms with Crippen molar-refractivity contribution in [1.29, 1.82) is 0 Å². The van der Waals surface area contributed by atoms with Crippen molar-refractivity contribution in [3.63, 3.8) is 0 Å². The van der Waals surface area contributed by atoms with Crippen molar-refractivity contribution in [2.75, 3.05) is 11.9 Å². The molecule has 0 saturated carbocycles. The molecule has 19 heavy (non-hydrogen) atoms. The van der Waals surface area contributed by atoms with E-state index < -0.39 is 4.92 Å². The van der Waals surface area contributed by atoms with Crippen LogP contribution >= 0.6 is 0 Å². The molecular weight excluding hydrogens is 246 g/mol. The highest BCUT2D eigenvalue weighted by Crippen LogP contribution is 2.29. The van der Waals surface area contributed by atoms with E-state index in [9.17, 15) is 10.1 Å². The average molecular weight is 259 g/mol. The van der Waals surface area contributed by atoms with Crippen LogP contribution < -0.4 is 10.1 Å². The molecule has 0 spiro atoms. The SMILES string of the molecule is CCNc1cc(Oc2cccnc2)cc([N+](=O)[O-])c1. The number of nitro groups is 1. The lowest BCUT2D eigenvalue weighted by atomic mass is 10.2. The highest BCUT2D eigenvalue weighted by molar-refractivity contribution is 5.56. The second-order valence-electron chi connectivity index (χ2n) is 3.79. The third-order valence-electron chi connectivity index (χ3n) is 2.35. The van der Waals surface area contributed by atoms with Crippen LogP contribution in [-0.4, -0.2) is 16.5 Å².